The molecule has 1 aliphatic heterocycles. The van der Waals surface area contributed by atoms with E-state index in [1.807, 2.05) is 6.92 Å². The number of nitrogens with one attached hydrogen (secondary N) is 2. The van der Waals surface area contributed by atoms with Crippen LogP contribution < -0.4 is 10.6 Å². The van der Waals surface area contributed by atoms with Gasteiger partial charge in [-0.3, -0.25) is 9.59 Å². The molecule has 1 unspecified atom stereocenters. The van der Waals surface area contributed by atoms with Crippen molar-refractivity contribution in [2.45, 2.75) is 38.6 Å². The zero-order valence-corrected chi connectivity index (χ0v) is 12.0. The largest absolute Gasteiger partial charge is 0.480 e. The highest BCUT2D eigenvalue weighted by Gasteiger charge is 2.34. The van der Waals surface area contributed by atoms with Gasteiger partial charge in [-0.25, -0.2) is 4.79 Å². The van der Waals surface area contributed by atoms with Crippen molar-refractivity contribution in [3.05, 3.63) is 29.3 Å². The summed E-state index contributed by atoms with van der Waals surface area (Å²) < 4.78 is 0. The Hall–Kier alpha value is -2.37. The van der Waals surface area contributed by atoms with Gasteiger partial charge < -0.3 is 15.7 Å². The molecule has 1 atom stereocenters. The van der Waals surface area contributed by atoms with Gasteiger partial charge in [0, 0.05) is 11.3 Å². The summed E-state index contributed by atoms with van der Waals surface area (Å²) in [5, 5.41) is 14.5. The van der Waals surface area contributed by atoms with Gasteiger partial charge in [0.15, 0.2) is 0 Å². The SMILES string of the molecule is CCCC(C)(NC(=O)c1ccc2c(c1)CC(=O)N2)C(=O)O. The molecule has 0 saturated carbocycles. The van der Waals surface area contributed by atoms with Gasteiger partial charge in [-0.1, -0.05) is 13.3 Å². The number of carbonyl (C=O) groups excluding carboxylic acids is 2. The van der Waals surface area contributed by atoms with Gasteiger partial charge in [0.25, 0.3) is 5.91 Å². The van der Waals surface area contributed by atoms with Gasteiger partial charge in [-0.05, 0) is 37.1 Å². The lowest BCUT2D eigenvalue weighted by Crippen LogP contribution is -2.52. The van der Waals surface area contributed by atoms with E-state index in [1.54, 1.807) is 18.2 Å². The first-order chi connectivity index (χ1) is 9.85. The van der Waals surface area contributed by atoms with Crippen LogP contribution in [0.4, 0.5) is 5.69 Å². The molecule has 112 valence electrons. The first-order valence-corrected chi connectivity index (χ1v) is 6.84. The van der Waals surface area contributed by atoms with Gasteiger partial charge in [-0.2, -0.15) is 0 Å². The summed E-state index contributed by atoms with van der Waals surface area (Å²) in [7, 11) is 0. The Balaban J connectivity index is 2.19. The summed E-state index contributed by atoms with van der Waals surface area (Å²) in [6.45, 7) is 3.36. The zero-order chi connectivity index (χ0) is 15.6. The predicted molar refractivity (Wildman–Crippen MR) is 77.2 cm³/mol. The van der Waals surface area contributed by atoms with Crippen LogP contribution in [0, 0.1) is 0 Å². The van der Waals surface area contributed by atoms with Crippen molar-refractivity contribution in [3.63, 3.8) is 0 Å². The number of anilines is 1. The van der Waals surface area contributed by atoms with Crippen molar-refractivity contribution in [3.8, 4) is 0 Å². The van der Waals surface area contributed by atoms with Crippen LogP contribution in [0.15, 0.2) is 18.2 Å². The Morgan fingerprint density at radius 3 is 2.76 bits per heavy atom. The molecule has 0 spiro atoms. The smallest absolute Gasteiger partial charge is 0.329 e. The molecule has 1 aromatic rings. The Morgan fingerprint density at radius 1 is 1.43 bits per heavy atom. The van der Waals surface area contributed by atoms with E-state index in [2.05, 4.69) is 10.6 Å². The van der Waals surface area contributed by atoms with Gasteiger partial charge >= 0.3 is 5.97 Å². The maximum Gasteiger partial charge on any atom is 0.329 e. The number of carboxylic acid groups (broad SMARTS) is 1. The molecular weight excluding hydrogens is 272 g/mol. The normalized spacial score (nSPS) is 15.8. The summed E-state index contributed by atoms with van der Waals surface area (Å²) in [6.07, 6.45) is 1.23. The molecule has 6 heteroatoms. The van der Waals surface area contributed by atoms with Crippen molar-refractivity contribution >= 4 is 23.5 Å². The quantitative estimate of drug-likeness (QED) is 0.766. The number of hydrogen-bond donors (Lipinski definition) is 3. The monoisotopic (exact) mass is 290 g/mol. The Bertz CT molecular complexity index is 612. The lowest BCUT2D eigenvalue weighted by Gasteiger charge is -2.25. The molecule has 0 radical (unpaired) electrons. The van der Waals surface area contributed by atoms with E-state index in [-0.39, 0.29) is 12.3 Å². The van der Waals surface area contributed by atoms with Crippen LogP contribution in [0.3, 0.4) is 0 Å². The first kappa shape index (κ1) is 15.0. The van der Waals surface area contributed by atoms with Crippen molar-refractivity contribution in [1.82, 2.24) is 5.32 Å². The Kier molecular flexibility index (Phi) is 3.97. The third kappa shape index (κ3) is 3.04. The molecule has 1 aromatic carbocycles. The third-order valence-corrected chi connectivity index (χ3v) is 3.60. The van der Waals surface area contributed by atoms with Crippen LogP contribution in [-0.2, 0) is 16.0 Å². The predicted octanol–water partition coefficient (Wildman–Crippen LogP) is 1.55. The second-order valence-electron chi connectivity index (χ2n) is 5.44. The summed E-state index contributed by atoms with van der Waals surface area (Å²) in [4.78, 5) is 34.9. The number of hydrogen-bond acceptors (Lipinski definition) is 3. The molecule has 21 heavy (non-hydrogen) atoms. The highest BCUT2D eigenvalue weighted by atomic mass is 16.4. The van der Waals surface area contributed by atoms with Gasteiger partial charge in [-0.15, -0.1) is 0 Å². The number of carboxylic acids is 1. The zero-order valence-electron chi connectivity index (χ0n) is 12.0. The molecule has 0 aromatic heterocycles. The van der Waals surface area contributed by atoms with Crippen LogP contribution in [0.2, 0.25) is 0 Å². The van der Waals surface area contributed by atoms with Gasteiger partial charge in [0.05, 0.1) is 6.42 Å². The summed E-state index contributed by atoms with van der Waals surface area (Å²) in [5.41, 5.74) is 0.513. The molecular formula is C15H18N2O4. The van der Waals surface area contributed by atoms with Crippen LogP contribution in [0.1, 0.15) is 42.6 Å². The van der Waals surface area contributed by atoms with E-state index in [1.165, 1.54) is 6.92 Å². The lowest BCUT2D eigenvalue weighted by atomic mass is 9.95. The van der Waals surface area contributed by atoms with Gasteiger partial charge in [0.1, 0.15) is 5.54 Å². The second kappa shape index (κ2) is 5.55. The number of benzene rings is 1. The molecule has 0 bridgehead atoms. The summed E-state index contributed by atoms with van der Waals surface area (Å²) in [6, 6.07) is 4.86. The maximum atomic E-state index is 12.2. The number of fused-ring (bicyclic) bond motifs is 1. The van der Waals surface area contributed by atoms with E-state index >= 15 is 0 Å². The van der Waals surface area contributed by atoms with Crippen LogP contribution in [0.25, 0.3) is 0 Å². The summed E-state index contributed by atoms with van der Waals surface area (Å²) in [5.74, 6) is -1.62. The average molecular weight is 290 g/mol. The number of rotatable bonds is 5. The van der Waals surface area contributed by atoms with E-state index in [0.29, 0.717) is 24.1 Å². The third-order valence-electron chi connectivity index (χ3n) is 3.60. The fourth-order valence-electron chi connectivity index (χ4n) is 2.42. The van der Waals surface area contributed by atoms with Crippen molar-refractivity contribution in [2.75, 3.05) is 5.32 Å². The second-order valence-corrected chi connectivity index (χ2v) is 5.44. The fraction of sp³-hybridized carbons (Fsp3) is 0.400. The minimum absolute atomic E-state index is 0.107. The van der Waals surface area contributed by atoms with E-state index in [9.17, 15) is 19.5 Å². The van der Waals surface area contributed by atoms with E-state index in [0.717, 1.165) is 5.56 Å². The van der Waals surface area contributed by atoms with Crippen molar-refractivity contribution in [2.24, 2.45) is 0 Å². The van der Waals surface area contributed by atoms with Crippen LogP contribution in [0.5, 0.6) is 0 Å². The molecule has 0 fully saturated rings. The maximum absolute atomic E-state index is 12.2. The molecule has 2 rings (SSSR count). The molecule has 0 saturated heterocycles. The van der Waals surface area contributed by atoms with Crippen molar-refractivity contribution < 1.29 is 19.5 Å². The van der Waals surface area contributed by atoms with Crippen LogP contribution >= 0.6 is 0 Å². The minimum Gasteiger partial charge on any atom is -0.480 e. The van der Waals surface area contributed by atoms with E-state index in [4.69, 9.17) is 0 Å². The fourth-order valence-corrected chi connectivity index (χ4v) is 2.42. The number of aliphatic carboxylic acids is 1. The molecule has 1 heterocycles. The van der Waals surface area contributed by atoms with Crippen LogP contribution in [-0.4, -0.2) is 28.4 Å². The van der Waals surface area contributed by atoms with Gasteiger partial charge in [0.2, 0.25) is 5.91 Å². The molecule has 1 aliphatic rings. The lowest BCUT2D eigenvalue weighted by molar-refractivity contribution is -0.144. The topological polar surface area (TPSA) is 95.5 Å². The first-order valence-electron chi connectivity index (χ1n) is 6.84. The molecule has 3 N–H and O–H groups in total. The Morgan fingerprint density at radius 2 is 2.14 bits per heavy atom. The van der Waals surface area contributed by atoms with Crippen molar-refractivity contribution in [1.29, 1.82) is 0 Å². The molecule has 2 amide bonds. The summed E-state index contributed by atoms with van der Waals surface area (Å²) >= 11 is 0. The standard InChI is InChI=1S/C15H18N2O4/c1-3-6-15(2,14(20)21)17-13(19)9-4-5-11-10(7-9)8-12(18)16-11/h4-5,7H,3,6,8H2,1-2H3,(H,16,18)(H,17,19)(H,20,21). The molecule has 6 nitrogen and oxygen atoms in total. The number of carbonyl (C=O) groups is 3. The average Bonchev–Trinajstić information content (AvgIpc) is 2.77. The van der Waals surface area contributed by atoms with E-state index < -0.39 is 17.4 Å². The highest BCUT2D eigenvalue weighted by molar-refractivity contribution is 6.02. The molecule has 0 aliphatic carbocycles. The highest BCUT2D eigenvalue weighted by Crippen LogP contribution is 2.24. The minimum atomic E-state index is -1.29. The Labute approximate surface area is 122 Å². The number of amides is 2.